The second kappa shape index (κ2) is 17.1. The van der Waals surface area contributed by atoms with E-state index in [-0.39, 0.29) is 6.61 Å². The largest absolute Gasteiger partial charge is 0.491 e. The van der Waals surface area contributed by atoms with Crippen molar-refractivity contribution >= 4 is 6.29 Å². The number of aliphatic hydroxyl groups excluding tert-OH is 1. The van der Waals surface area contributed by atoms with E-state index in [1.54, 1.807) is 14.0 Å². The van der Waals surface area contributed by atoms with Gasteiger partial charge in [0, 0.05) is 7.11 Å². The number of aryl methyl sites for hydroxylation is 2. The number of carbonyl (C=O) groups excluding carboxylic acids is 1. The summed E-state index contributed by atoms with van der Waals surface area (Å²) in [5, 5.41) is 9.13. The van der Waals surface area contributed by atoms with Gasteiger partial charge in [0.25, 0.3) is 0 Å². The summed E-state index contributed by atoms with van der Waals surface area (Å²) in [5.74, 6) is 0.814. The Morgan fingerprint density at radius 3 is 2.18 bits per heavy atom. The van der Waals surface area contributed by atoms with Crippen LogP contribution in [0.2, 0.25) is 0 Å². The Hall–Kier alpha value is -3.47. The standard InChI is InChI=1S/C30H36O3.C4H6O/c1-4-6-7-8-23-9-11-25(12-10-23)26-13-15-29(24(5-2)21-26)27-14-16-30(33-20-18-31)28(22-27)17-19-32-3;1-4(2)3-5/h4,6,9-16,21-22,31H,5,7-8,17-20H2,1-3H3;3H,1H2,2H3/b6-4+;. The summed E-state index contributed by atoms with van der Waals surface area (Å²) >= 11 is 0. The Balaban J connectivity index is 0.000000926. The topological polar surface area (TPSA) is 55.8 Å². The summed E-state index contributed by atoms with van der Waals surface area (Å²) in [5.41, 5.74) is 9.30. The number of ether oxygens (including phenoxy) is 2. The number of carbonyl (C=O) groups is 1. The molecule has 0 heterocycles. The molecule has 0 saturated carbocycles. The van der Waals surface area contributed by atoms with Crippen molar-refractivity contribution in [1.82, 2.24) is 0 Å². The highest BCUT2D eigenvalue weighted by atomic mass is 16.5. The zero-order valence-corrected chi connectivity index (χ0v) is 23.3. The molecule has 0 aliphatic carbocycles. The third kappa shape index (κ3) is 9.77. The van der Waals surface area contributed by atoms with Crippen LogP contribution in [0.3, 0.4) is 0 Å². The summed E-state index contributed by atoms with van der Waals surface area (Å²) < 4.78 is 11.0. The van der Waals surface area contributed by atoms with Crippen LogP contribution in [-0.2, 0) is 28.8 Å². The van der Waals surface area contributed by atoms with Crippen molar-refractivity contribution in [2.75, 3.05) is 26.9 Å². The number of hydrogen-bond acceptors (Lipinski definition) is 4. The number of methoxy groups -OCH3 is 1. The molecule has 3 aromatic rings. The molecule has 0 radical (unpaired) electrons. The van der Waals surface area contributed by atoms with Gasteiger partial charge in [-0.25, -0.2) is 0 Å². The number of benzene rings is 3. The summed E-state index contributed by atoms with van der Waals surface area (Å²) in [6.07, 6.45) is 8.93. The van der Waals surface area contributed by atoms with E-state index in [1.807, 2.05) is 6.07 Å². The van der Waals surface area contributed by atoms with Crippen molar-refractivity contribution in [1.29, 1.82) is 0 Å². The van der Waals surface area contributed by atoms with Gasteiger partial charge >= 0.3 is 0 Å². The normalized spacial score (nSPS) is 10.7. The maximum absolute atomic E-state index is 9.41. The fraction of sp³-hybridized carbons (Fsp3) is 0.324. The molecule has 4 heteroatoms. The maximum atomic E-state index is 9.41. The molecular formula is C34H42O4. The number of aldehydes is 1. The van der Waals surface area contributed by atoms with Gasteiger partial charge in [-0.3, -0.25) is 4.79 Å². The van der Waals surface area contributed by atoms with Crippen LogP contribution >= 0.6 is 0 Å². The maximum Gasteiger partial charge on any atom is 0.145 e. The second-order valence-corrected chi connectivity index (χ2v) is 9.13. The zero-order valence-electron chi connectivity index (χ0n) is 23.3. The molecule has 0 unspecified atom stereocenters. The molecule has 0 amide bonds. The second-order valence-electron chi connectivity index (χ2n) is 9.13. The van der Waals surface area contributed by atoms with Crippen LogP contribution in [0.5, 0.6) is 5.75 Å². The number of aliphatic hydroxyl groups is 1. The minimum Gasteiger partial charge on any atom is -0.491 e. The van der Waals surface area contributed by atoms with E-state index in [0.29, 0.717) is 18.8 Å². The highest BCUT2D eigenvalue weighted by Crippen LogP contribution is 2.33. The first kappa shape index (κ1) is 30.8. The molecule has 3 aromatic carbocycles. The lowest BCUT2D eigenvalue weighted by Gasteiger charge is -2.15. The van der Waals surface area contributed by atoms with Gasteiger partial charge in [-0.2, -0.15) is 0 Å². The van der Waals surface area contributed by atoms with Crippen molar-refractivity contribution < 1.29 is 19.4 Å². The van der Waals surface area contributed by atoms with Gasteiger partial charge in [-0.05, 0) is 96.2 Å². The smallest absolute Gasteiger partial charge is 0.145 e. The van der Waals surface area contributed by atoms with Crippen LogP contribution in [0.25, 0.3) is 22.3 Å². The van der Waals surface area contributed by atoms with E-state index >= 15 is 0 Å². The highest BCUT2D eigenvalue weighted by Gasteiger charge is 2.11. The Morgan fingerprint density at radius 1 is 0.921 bits per heavy atom. The lowest BCUT2D eigenvalue weighted by atomic mass is 9.92. The zero-order chi connectivity index (χ0) is 27.8. The predicted octanol–water partition coefficient (Wildman–Crippen LogP) is 7.41. The fourth-order valence-electron chi connectivity index (χ4n) is 4.08. The highest BCUT2D eigenvalue weighted by molar-refractivity contribution is 5.75. The minimum atomic E-state index is 0.00365. The van der Waals surface area contributed by atoms with Crippen molar-refractivity contribution in [3.8, 4) is 28.0 Å². The van der Waals surface area contributed by atoms with Gasteiger partial charge < -0.3 is 14.6 Å². The van der Waals surface area contributed by atoms with Crippen molar-refractivity contribution in [3.05, 3.63) is 102 Å². The number of rotatable bonds is 13. The Bertz CT molecular complexity index is 1180. The Kier molecular flexibility index (Phi) is 13.9. The molecule has 202 valence electrons. The van der Waals surface area contributed by atoms with E-state index in [9.17, 15) is 4.79 Å². The summed E-state index contributed by atoms with van der Waals surface area (Å²) in [6, 6.07) is 22.0. The molecule has 3 rings (SSSR count). The molecule has 38 heavy (non-hydrogen) atoms. The average Bonchev–Trinajstić information content (AvgIpc) is 2.95. The SMILES string of the molecule is C/C=C/CCc1ccc(-c2ccc(-c3ccc(OCCO)c(CCOC)c3)c(CC)c2)cc1.C=C(C)C=O. The molecule has 4 nitrogen and oxygen atoms in total. The fourth-order valence-corrected chi connectivity index (χ4v) is 4.08. The molecule has 0 fully saturated rings. The Labute approximate surface area is 228 Å². The van der Waals surface area contributed by atoms with E-state index < -0.39 is 0 Å². The molecule has 0 aliphatic rings. The van der Waals surface area contributed by atoms with Crippen LogP contribution in [0.15, 0.2) is 85.0 Å². The van der Waals surface area contributed by atoms with E-state index in [2.05, 4.69) is 87.2 Å². The van der Waals surface area contributed by atoms with Crippen molar-refractivity contribution in [2.24, 2.45) is 0 Å². The van der Waals surface area contributed by atoms with Gasteiger partial charge in [0.05, 0.1) is 13.2 Å². The van der Waals surface area contributed by atoms with Crippen LogP contribution < -0.4 is 4.74 Å². The first-order valence-corrected chi connectivity index (χ1v) is 13.3. The van der Waals surface area contributed by atoms with Gasteiger partial charge in [-0.15, -0.1) is 0 Å². The van der Waals surface area contributed by atoms with Crippen LogP contribution in [0.1, 0.15) is 43.9 Å². The minimum absolute atomic E-state index is 0.00365. The first-order chi connectivity index (χ1) is 18.5. The van der Waals surface area contributed by atoms with Crippen molar-refractivity contribution in [3.63, 3.8) is 0 Å². The first-order valence-electron chi connectivity index (χ1n) is 13.3. The lowest BCUT2D eigenvalue weighted by molar-refractivity contribution is -0.104. The average molecular weight is 515 g/mol. The Morgan fingerprint density at radius 2 is 1.58 bits per heavy atom. The van der Waals surface area contributed by atoms with E-state index in [1.165, 1.54) is 33.4 Å². The third-order valence-corrected chi connectivity index (χ3v) is 6.11. The van der Waals surface area contributed by atoms with Gasteiger partial charge in [-0.1, -0.05) is 74.2 Å². The van der Waals surface area contributed by atoms with Gasteiger partial charge in [0.1, 0.15) is 18.6 Å². The van der Waals surface area contributed by atoms with Gasteiger partial charge in [0.15, 0.2) is 0 Å². The van der Waals surface area contributed by atoms with Crippen LogP contribution in [-0.4, -0.2) is 38.3 Å². The molecular weight excluding hydrogens is 472 g/mol. The van der Waals surface area contributed by atoms with Crippen LogP contribution in [0.4, 0.5) is 0 Å². The lowest BCUT2D eigenvalue weighted by Crippen LogP contribution is -2.05. The van der Waals surface area contributed by atoms with E-state index in [4.69, 9.17) is 14.6 Å². The molecule has 1 N–H and O–H groups in total. The molecule has 0 atom stereocenters. The summed E-state index contributed by atoms with van der Waals surface area (Å²) in [7, 11) is 1.71. The molecule has 0 saturated heterocycles. The molecule has 0 aliphatic heterocycles. The van der Waals surface area contributed by atoms with Gasteiger partial charge in [0.2, 0.25) is 0 Å². The van der Waals surface area contributed by atoms with Crippen LogP contribution in [0, 0.1) is 0 Å². The molecule has 0 spiro atoms. The predicted molar refractivity (Wildman–Crippen MR) is 159 cm³/mol. The van der Waals surface area contributed by atoms with Crippen molar-refractivity contribution in [2.45, 2.75) is 46.5 Å². The molecule has 0 aromatic heterocycles. The molecule has 0 bridgehead atoms. The van der Waals surface area contributed by atoms with E-state index in [0.717, 1.165) is 43.3 Å². The number of hydrogen-bond donors (Lipinski definition) is 1. The number of allylic oxidation sites excluding steroid dienone is 3. The summed E-state index contributed by atoms with van der Waals surface area (Å²) in [6.45, 7) is 10.2. The quantitative estimate of drug-likeness (QED) is 0.147. The summed E-state index contributed by atoms with van der Waals surface area (Å²) in [4.78, 5) is 9.41. The third-order valence-electron chi connectivity index (χ3n) is 6.11. The monoisotopic (exact) mass is 514 g/mol.